The van der Waals surface area contributed by atoms with E-state index in [1.807, 2.05) is 19.1 Å². The molecule has 1 aliphatic heterocycles. The molecule has 0 fully saturated rings. The predicted molar refractivity (Wildman–Crippen MR) is 107 cm³/mol. The van der Waals surface area contributed by atoms with E-state index in [4.69, 9.17) is 0 Å². The highest BCUT2D eigenvalue weighted by Gasteiger charge is 2.23. The normalized spacial score (nSPS) is 14.1. The number of halogens is 1. The lowest BCUT2D eigenvalue weighted by Crippen LogP contribution is -2.33. The van der Waals surface area contributed by atoms with Crippen LogP contribution in [-0.4, -0.2) is 20.9 Å². The molecule has 7 heteroatoms. The van der Waals surface area contributed by atoms with Crippen LogP contribution < -0.4 is 9.62 Å². The van der Waals surface area contributed by atoms with Crippen molar-refractivity contribution in [2.24, 2.45) is 0 Å². The highest BCUT2D eigenvalue weighted by atomic mass is 127. The molecule has 0 radical (unpaired) electrons. The third-order valence-electron chi connectivity index (χ3n) is 4.28. The maximum atomic E-state index is 12.7. The maximum Gasteiger partial charge on any atom is 0.261 e. The number of sulfonamides is 1. The molecule has 1 aliphatic rings. The first-order valence-corrected chi connectivity index (χ1v) is 10.5. The van der Waals surface area contributed by atoms with Crippen molar-refractivity contribution in [2.45, 2.75) is 31.6 Å². The average molecular weight is 470 g/mol. The fourth-order valence-electron chi connectivity index (χ4n) is 2.94. The summed E-state index contributed by atoms with van der Waals surface area (Å²) in [4.78, 5) is 13.7. The van der Waals surface area contributed by atoms with Crippen LogP contribution in [0.4, 0.5) is 11.4 Å². The van der Waals surface area contributed by atoms with Gasteiger partial charge in [0.05, 0.1) is 4.90 Å². The van der Waals surface area contributed by atoms with E-state index in [1.165, 1.54) is 6.92 Å². The summed E-state index contributed by atoms with van der Waals surface area (Å²) in [7, 11) is -3.67. The van der Waals surface area contributed by atoms with Gasteiger partial charge < -0.3 is 4.90 Å². The number of rotatable bonds is 3. The number of aryl methyl sites for hydroxylation is 2. The molecular formula is C18H19IN2O3S. The van der Waals surface area contributed by atoms with E-state index in [0.717, 1.165) is 33.2 Å². The monoisotopic (exact) mass is 470 g/mol. The zero-order valence-corrected chi connectivity index (χ0v) is 17.0. The van der Waals surface area contributed by atoms with Crippen molar-refractivity contribution in [3.8, 4) is 0 Å². The van der Waals surface area contributed by atoms with E-state index in [9.17, 15) is 13.2 Å². The van der Waals surface area contributed by atoms with Crippen LogP contribution in [0.15, 0.2) is 41.3 Å². The summed E-state index contributed by atoms with van der Waals surface area (Å²) < 4.78 is 29.0. The lowest BCUT2D eigenvalue weighted by atomic mass is 10.0. The Morgan fingerprint density at radius 1 is 1.20 bits per heavy atom. The Morgan fingerprint density at radius 2 is 1.96 bits per heavy atom. The Kier molecular flexibility index (Phi) is 5.06. The second-order valence-electron chi connectivity index (χ2n) is 6.13. The second kappa shape index (κ2) is 6.95. The number of carbonyl (C=O) groups excluding carboxylic acids is 1. The van der Waals surface area contributed by atoms with E-state index < -0.39 is 10.0 Å². The molecule has 0 saturated carbocycles. The van der Waals surface area contributed by atoms with Crippen molar-refractivity contribution in [3.63, 3.8) is 0 Å². The Labute approximate surface area is 161 Å². The molecule has 5 nitrogen and oxygen atoms in total. The van der Waals surface area contributed by atoms with Gasteiger partial charge in [-0.1, -0.05) is 6.07 Å². The molecule has 1 heterocycles. The Balaban J connectivity index is 1.92. The fraction of sp³-hybridized carbons (Fsp3) is 0.278. The van der Waals surface area contributed by atoms with Crippen LogP contribution >= 0.6 is 22.6 Å². The standard InChI is InChI=1S/C18H19IN2O3S/c1-12-5-6-15(11-17(12)19)20-25(23,24)16-7-8-18-14(10-16)4-3-9-21(18)13(2)22/h5-8,10-11,20H,3-4,9H2,1-2H3. The second-order valence-corrected chi connectivity index (χ2v) is 8.98. The SMILES string of the molecule is CC(=O)N1CCCc2cc(S(=O)(=O)Nc3ccc(C)c(I)c3)ccc21. The minimum absolute atomic E-state index is 0.0242. The van der Waals surface area contributed by atoms with Crippen molar-refractivity contribution in [3.05, 3.63) is 51.1 Å². The van der Waals surface area contributed by atoms with Gasteiger partial charge in [-0.15, -0.1) is 0 Å². The quantitative estimate of drug-likeness (QED) is 0.696. The van der Waals surface area contributed by atoms with Crippen LogP contribution in [-0.2, 0) is 21.2 Å². The topological polar surface area (TPSA) is 66.5 Å². The molecule has 132 valence electrons. The molecule has 0 spiro atoms. The Hall–Kier alpha value is -1.61. The summed E-state index contributed by atoms with van der Waals surface area (Å²) in [6, 6.07) is 10.4. The Bertz CT molecular complexity index is 941. The number of fused-ring (bicyclic) bond motifs is 1. The Morgan fingerprint density at radius 3 is 2.64 bits per heavy atom. The summed E-state index contributed by atoms with van der Waals surface area (Å²) in [5.41, 5.74) is 3.34. The van der Waals surface area contributed by atoms with Crippen LogP contribution in [0.25, 0.3) is 0 Å². The van der Waals surface area contributed by atoms with Crippen molar-refractivity contribution in [1.29, 1.82) is 0 Å². The third-order valence-corrected chi connectivity index (χ3v) is 6.83. The van der Waals surface area contributed by atoms with Gasteiger partial charge in [0.2, 0.25) is 5.91 Å². The van der Waals surface area contributed by atoms with Gasteiger partial charge in [0.1, 0.15) is 0 Å². The largest absolute Gasteiger partial charge is 0.312 e. The molecule has 0 atom stereocenters. The highest BCUT2D eigenvalue weighted by molar-refractivity contribution is 14.1. The molecule has 25 heavy (non-hydrogen) atoms. The maximum absolute atomic E-state index is 12.7. The summed E-state index contributed by atoms with van der Waals surface area (Å²) in [6.07, 6.45) is 1.60. The number of carbonyl (C=O) groups is 1. The zero-order valence-electron chi connectivity index (χ0n) is 14.0. The summed E-state index contributed by atoms with van der Waals surface area (Å²) in [5, 5.41) is 0. The van der Waals surface area contributed by atoms with Crippen LogP contribution in [0.3, 0.4) is 0 Å². The van der Waals surface area contributed by atoms with Gasteiger partial charge in [-0.3, -0.25) is 9.52 Å². The number of nitrogens with zero attached hydrogens (tertiary/aromatic N) is 1. The molecular weight excluding hydrogens is 451 g/mol. The van der Waals surface area contributed by atoms with Gasteiger partial charge in [-0.05, 0) is 83.8 Å². The van der Waals surface area contributed by atoms with E-state index in [2.05, 4.69) is 27.3 Å². The van der Waals surface area contributed by atoms with Gasteiger partial charge >= 0.3 is 0 Å². The predicted octanol–water partition coefficient (Wildman–Crippen LogP) is 3.70. The number of anilines is 2. The first-order valence-electron chi connectivity index (χ1n) is 7.98. The molecule has 0 unspecified atom stereocenters. The van der Waals surface area contributed by atoms with Crippen molar-refractivity contribution in [2.75, 3.05) is 16.2 Å². The van der Waals surface area contributed by atoms with Crippen LogP contribution in [0.1, 0.15) is 24.5 Å². The van der Waals surface area contributed by atoms with Crippen molar-refractivity contribution >= 4 is 49.9 Å². The van der Waals surface area contributed by atoms with Crippen LogP contribution in [0.2, 0.25) is 0 Å². The summed E-state index contributed by atoms with van der Waals surface area (Å²) >= 11 is 2.18. The minimum Gasteiger partial charge on any atom is -0.312 e. The van der Waals surface area contributed by atoms with E-state index in [1.54, 1.807) is 29.2 Å². The van der Waals surface area contributed by atoms with Gasteiger partial charge in [0.15, 0.2) is 0 Å². The highest BCUT2D eigenvalue weighted by Crippen LogP contribution is 2.30. The number of benzene rings is 2. The smallest absolute Gasteiger partial charge is 0.261 e. The number of amides is 1. The van der Waals surface area contributed by atoms with Gasteiger partial charge in [-0.2, -0.15) is 0 Å². The van der Waals surface area contributed by atoms with Crippen LogP contribution in [0.5, 0.6) is 0 Å². The van der Waals surface area contributed by atoms with E-state index in [-0.39, 0.29) is 10.8 Å². The molecule has 3 rings (SSSR count). The van der Waals surface area contributed by atoms with E-state index >= 15 is 0 Å². The molecule has 1 N–H and O–H groups in total. The molecule has 0 bridgehead atoms. The van der Waals surface area contributed by atoms with Crippen molar-refractivity contribution in [1.82, 2.24) is 0 Å². The number of hydrogen-bond acceptors (Lipinski definition) is 3. The first kappa shape index (κ1) is 18.2. The molecule has 0 aliphatic carbocycles. The third kappa shape index (κ3) is 3.82. The molecule has 0 saturated heterocycles. The fourth-order valence-corrected chi connectivity index (χ4v) is 4.55. The number of hydrogen-bond donors (Lipinski definition) is 1. The van der Waals surface area contributed by atoms with Gasteiger partial charge in [0, 0.05) is 28.4 Å². The van der Waals surface area contributed by atoms with Crippen LogP contribution in [0, 0.1) is 10.5 Å². The molecule has 2 aromatic carbocycles. The number of nitrogens with one attached hydrogen (secondary N) is 1. The lowest BCUT2D eigenvalue weighted by Gasteiger charge is -2.28. The molecule has 1 amide bonds. The average Bonchev–Trinajstić information content (AvgIpc) is 2.56. The zero-order chi connectivity index (χ0) is 18.2. The first-order chi connectivity index (χ1) is 11.8. The van der Waals surface area contributed by atoms with Crippen molar-refractivity contribution < 1.29 is 13.2 Å². The van der Waals surface area contributed by atoms with Gasteiger partial charge in [-0.25, -0.2) is 8.42 Å². The summed E-state index contributed by atoms with van der Waals surface area (Å²) in [6.45, 7) is 4.18. The minimum atomic E-state index is -3.67. The molecule has 0 aromatic heterocycles. The van der Waals surface area contributed by atoms with E-state index in [0.29, 0.717) is 12.2 Å². The van der Waals surface area contributed by atoms with Gasteiger partial charge in [0.25, 0.3) is 10.0 Å². The lowest BCUT2D eigenvalue weighted by molar-refractivity contribution is -0.116. The summed E-state index contributed by atoms with van der Waals surface area (Å²) in [5.74, 6) is -0.0242. The molecule has 2 aromatic rings.